The molecule has 1 aromatic rings. The van der Waals surface area contributed by atoms with Crippen LogP contribution >= 0.6 is 23.2 Å². The fraction of sp³-hybridized carbons (Fsp3) is 0.250. The average Bonchev–Trinajstić information content (AvgIpc) is 2.03. The monoisotopic (exact) mass is 219 g/mol. The third kappa shape index (κ3) is 2.11. The van der Waals surface area contributed by atoms with E-state index in [1.165, 1.54) is 6.07 Å². The summed E-state index contributed by atoms with van der Waals surface area (Å²) in [4.78, 5) is 14.3. The number of halogens is 2. The molecule has 1 heterocycles. The van der Waals surface area contributed by atoms with Gasteiger partial charge >= 0.3 is 5.97 Å². The maximum absolute atomic E-state index is 10.6. The van der Waals surface area contributed by atoms with Crippen molar-refractivity contribution in [2.75, 3.05) is 0 Å². The van der Waals surface area contributed by atoms with Gasteiger partial charge in [-0.25, -0.2) is 9.78 Å². The second-order valence-corrected chi connectivity index (χ2v) is 3.15. The summed E-state index contributed by atoms with van der Waals surface area (Å²) in [6.07, 6.45) is 0.628. The first-order valence-corrected chi connectivity index (χ1v) is 4.40. The summed E-state index contributed by atoms with van der Waals surface area (Å²) in [6.45, 7) is 1.86. The van der Waals surface area contributed by atoms with Crippen LogP contribution in [0.15, 0.2) is 6.07 Å². The summed E-state index contributed by atoms with van der Waals surface area (Å²) >= 11 is 11.3. The van der Waals surface area contributed by atoms with Gasteiger partial charge < -0.3 is 5.11 Å². The highest BCUT2D eigenvalue weighted by atomic mass is 35.5. The van der Waals surface area contributed by atoms with Crippen LogP contribution in [-0.2, 0) is 6.42 Å². The van der Waals surface area contributed by atoms with Crippen LogP contribution in [-0.4, -0.2) is 16.1 Å². The number of nitrogens with zero attached hydrogens (tertiary/aromatic N) is 1. The molecule has 1 N–H and O–H groups in total. The average molecular weight is 220 g/mol. The molecule has 0 saturated carbocycles. The molecule has 0 aliphatic carbocycles. The highest BCUT2D eigenvalue weighted by Crippen LogP contribution is 2.21. The number of carbonyl (C=O) groups is 1. The number of aryl methyl sites for hydroxylation is 1. The number of hydrogen-bond donors (Lipinski definition) is 1. The lowest BCUT2D eigenvalue weighted by Gasteiger charge is -2.03. The number of carboxylic acid groups (broad SMARTS) is 1. The Morgan fingerprint density at radius 2 is 2.15 bits per heavy atom. The SMILES string of the molecule is CCc1cc(C(=O)O)c(Cl)nc1Cl. The first-order valence-electron chi connectivity index (χ1n) is 3.64. The van der Waals surface area contributed by atoms with Gasteiger partial charge in [-0.2, -0.15) is 0 Å². The van der Waals surface area contributed by atoms with Crippen molar-refractivity contribution in [3.8, 4) is 0 Å². The largest absolute Gasteiger partial charge is 0.478 e. The van der Waals surface area contributed by atoms with Crippen molar-refractivity contribution >= 4 is 29.2 Å². The Morgan fingerprint density at radius 3 is 2.62 bits per heavy atom. The van der Waals surface area contributed by atoms with Gasteiger partial charge in [-0.1, -0.05) is 30.1 Å². The standard InChI is InChI=1S/C8H7Cl2NO2/c1-2-4-3-5(8(12)13)7(10)11-6(4)9/h3H,2H2,1H3,(H,12,13). The summed E-state index contributed by atoms with van der Waals surface area (Å²) in [5, 5.41) is 8.90. The predicted octanol–water partition coefficient (Wildman–Crippen LogP) is 2.65. The number of aromatic carboxylic acids is 1. The Bertz CT molecular complexity index is 352. The van der Waals surface area contributed by atoms with Crippen LogP contribution in [0.25, 0.3) is 0 Å². The topological polar surface area (TPSA) is 50.2 Å². The van der Waals surface area contributed by atoms with Crippen LogP contribution in [0.1, 0.15) is 22.8 Å². The molecule has 0 atom stereocenters. The van der Waals surface area contributed by atoms with E-state index in [-0.39, 0.29) is 15.9 Å². The minimum absolute atomic E-state index is 0.0112. The fourth-order valence-electron chi connectivity index (χ4n) is 0.909. The molecular formula is C8H7Cl2NO2. The van der Waals surface area contributed by atoms with Crippen LogP contribution in [0.5, 0.6) is 0 Å². The number of aromatic nitrogens is 1. The van der Waals surface area contributed by atoms with Gasteiger partial charge in [0.1, 0.15) is 10.3 Å². The smallest absolute Gasteiger partial charge is 0.338 e. The summed E-state index contributed by atoms with van der Waals surface area (Å²) < 4.78 is 0. The quantitative estimate of drug-likeness (QED) is 0.779. The third-order valence-corrected chi connectivity index (χ3v) is 2.23. The van der Waals surface area contributed by atoms with Gasteiger partial charge in [0.2, 0.25) is 0 Å². The van der Waals surface area contributed by atoms with Gasteiger partial charge in [-0.05, 0) is 18.1 Å². The molecule has 0 amide bonds. The first-order chi connectivity index (χ1) is 6.06. The zero-order chi connectivity index (χ0) is 10.0. The second kappa shape index (κ2) is 3.94. The third-order valence-electron chi connectivity index (χ3n) is 1.61. The summed E-state index contributed by atoms with van der Waals surface area (Å²) in [5.41, 5.74) is 0.673. The van der Waals surface area contributed by atoms with Crippen LogP contribution in [0.2, 0.25) is 10.3 Å². The molecule has 13 heavy (non-hydrogen) atoms. The molecule has 0 unspecified atom stereocenters. The Morgan fingerprint density at radius 1 is 1.54 bits per heavy atom. The zero-order valence-electron chi connectivity index (χ0n) is 6.84. The maximum Gasteiger partial charge on any atom is 0.338 e. The van der Waals surface area contributed by atoms with E-state index < -0.39 is 5.97 Å². The van der Waals surface area contributed by atoms with Crippen molar-refractivity contribution in [3.05, 3.63) is 27.5 Å². The molecule has 0 radical (unpaired) electrons. The van der Waals surface area contributed by atoms with Gasteiger partial charge in [0, 0.05) is 0 Å². The van der Waals surface area contributed by atoms with E-state index >= 15 is 0 Å². The van der Waals surface area contributed by atoms with E-state index in [9.17, 15) is 4.79 Å². The highest BCUT2D eigenvalue weighted by Gasteiger charge is 2.13. The molecule has 1 aromatic heterocycles. The Balaban J connectivity index is 3.30. The predicted molar refractivity (Wildman–Crippen MR) is 50.6 cm³/mol. The van der Waals surface area contributed by atoms with Gasteiger partial charge in [0.05, 0.1) is 5.56 Å². The van der Waals surface area contributed by atoms with Crippen LogP contribution in [0.3, 0.4) is 0 Å². The normalized spacial score (nSPS) is 10.1. The maximum atomic E-state index is 10.6. The van der Waals surface area contributed by atoms with Crippen molar-refractivity contribution < 1.29 is 9.90 Å². The molecule has 5 heteroatoms. The molecule has 0 saturated heterocycles. The van der Waals surface area contributed by atoms with E-state index in [1.807, 2.05) is 6.92 Å². The van der Waals surface area contributed by atoms with Crippen molar-refractivity contribution in [3.63, 3.8) is 0 Å². The molecule has 3 nitrogen and oxygen atoms in total. The summed E-state index contributed by atoms with van der Waals surface area (Å²) in [6, 6.07) is 1.44. The van der Waals surface area contributed by atoms with E-state index in [0.717, 1.165) is 0 Å². The Labute approximate surface area is 85.3 Å². The van der Waals surface area contributed by atoms with Crippen LogP contribution < -0.4 is 0 Å². The van der Waals surface area contributed by atoms with Crippen molar-refractivity contribution in [2.45, 2.75) is 13.3 Å². The lowest BCUT2D eigenvalue weighted by Crippen LogP contribution is -2.01. The molecule has 0 bridgehead atoms. The molecule has 0 fully saturated rings. The van der Waals surface area contributed by atoms with E-state index in [2.05, 4.69) is 4.98 Å². The molecule has 70 valence electrons. The van der Waals surface area contributed by atoms with Crippen molar-refractivity contribution in [1.82, 2.24) is 4.98 Å². The first kappa shape index (κ1) is 10.3. The molecule has 0 spiro atoms. The molecule has 0 aliphatic rings. The minimum Gasteiger partial charge on any atom is -0.478 e. The number of hydrogen-bond acceptors (Lipinski definition) is 2. The van der Waals surface area contributed by atoms with Gasteiger partial charge in [-0.3, -0.25) is 0 Å². The number of rotatable bonds is 2. The van der Waals surface area contributed by atoms with E-state index in [0.29, 0.717) is 12.0 Å². The summed E-state index contributed by atoms with van der Waals surface area (Å²) in [7, 11) is 0. The lowest BCUT2D eigenvalue weighted by molar-refractivity contribution is 0.0696. The van der Waals surface area contributed by atoms with Crippen LogP contribution in [0.4, 0.5) is 0 Å². The van der Waals surface area contributed by atoms with Gasteiger partial charge in [0.15, 0.2) is 0 Å². The molecule has 0 aliphatic heterocycles. The number of carboxylic acids is 1. The lowest BCUT2D eigenvalue weighted by atomic mass is 10.2. The Hall–Kier alpha value is -0.800. The Kier molecular flexibility index (Phi) is 3.12. The minimum atomic E-state index is -1.09. The highest BCUT2D eigenvalue weighted by molar-refractivity contribution is 6.34. The molecular weight excluding hydrogens is 213 g/mol. The van der Waals surface area contributed by atoms with E-state index in [4.69, 9.17) is 28.3 Å². The van der Waals surface area contributed by atoms with Crippen LogP contribution in [0, 0.1) is 0 Å². The molecule has 0 aromatic carbocycles. The number of pyridine rings is 1. The van der Waals surface area contributed by atoms with Crippen molar-refractivity contribution in [1.29, 1.82) is 0 Å². The van der Waals surface area contributed by atoms with Crippen molar-refractivity contribution in [2.24, 2.45) is 0 Å². The zero-order valence-corrected chi connectivity index (χ0v) is 8.35. The van der Waals surface area contributed by atoms with E-state index in [1.54, 1.807) is 0 Å². The van der Waals surface area contributed by atoms with Gasteiger partial charge in [0.25, 0.3) is 0 Å². The fourth-order valence-corrected chi connectivity index (χ4v) is 1.45. The van der Waals surface area contributed by atoms with Gasteiger partial charge in [-0.15, -0.1) is 0 Å². The summed E-state index contributed by atoms with van der Waals surface area (Å²) in [5.74, 6) is -1.09. The second-order valence-electron chi connectivity index (χ2n) is 2.44. The molecule has 1 rings (SSSR count).